The zero-order valence-corrected chi connectivity index (χ0v) is 21.3. The summed E-state index contributed by atoms with van der Waals surface area (Å²) in [4.78, 5) is 10.2. The molecule has 0 spiro atoms. The third-order valence-electron chi connectivity index (χ3n) is 6.83. The van der Waals surface area contributed by atoms with Crippen molar-refractivity contribution in [3.63, 3.8) is 0 Å². The van der Waals surface area contributed by atoms with Crippen LogP contribution in [0.15, 0.2) is 89.9 Å². The summed E-state index contributed by atoms with van der Waals surface area (Å²) >= 11 is 0. The van der Waals surface area contributed by atoms with Crippen LogP contribution in [0.25, 0.3) is 22.2 Å². The summed E-state index contributed by atoms with van der Waals surface area (Å²) in [6.45, 7) is 8.46. The maximum atomic E-state index is 6.56. The fourth-order valence-corrected chi connectivity index (χ4v) is 4.85. The Bertz CT molecular complexity index is 1350. The van der Waals surface area contributed by atoms with Gasteiger partial charge >= 0.3 is 0 Å². The van der Waals surface area contributed by atoms with Gasteiger partial charge in [-0.1, -0.05) is 99.6 Å². The van der Waals surface area contributed by atoms with E-state index < -0.39 is 0 Å². The van der Waals surface area contributed by atoms with Crippen LogP contribution in [-0.4, -0.2) is 36.6 Å². The van der Waals surface area contributed by atoms with Gasteiger partial charge in [-0.3, -0.25) is 4.99 Å². The van der Waals surface area contributed by atoms with Crippen LogP contribution in [0.3, 0.4) is 0 Å². The predicted octanol–water partition coefficient (Wildman–Crippen LogP) is 5.93. The van der Waals surface area contributed by atoms with Gasteiger partial charge in [-0.25, -0.2) is 4.98 Å². The Balaban J connectivity index is 1.64. The molecular formula is C31H34N4O. The van der Waals surface area contributed by atoms with Crippen molar-refractivity contribution >= 4 is 16.7 Å². The van der Waals surface area contributed by atoms with Crippen molar-refractivity contribution in [3.05, 3.63) is 96.1 Å². The van der Waals surface area contributed by atoms with Crippen LogP contribution in [0, 0.1) is 0 Å². The molecule has 1 aliphatic heterocycles. The molecule has 0 bridgehead atoms. The Morgan fingerprint density at radius 3 is 2.36 bits per heavy atom. The molecule has 5 nitrogen and oxygen atoms in total. The number of hydrogen-bond acceptors (Lipinski definition) is 5. The number of ether oxygens (including phenoxy) is 1. The van der Waals surface area contributed by atoms with Crippen molar-refractivity contribution < 1.29 is 4.74 Å². The number of aromatic nitrogens is 1. The molecule has 0 radical (unpaired) electrons. The maximum Gasteiger partial charge on any atom is 0.157 e. The number of amidine groups is 1. The molecule has 184 valence electrons. The van der Waals surface area contributed by atoms with Crippen LogP contribution in [0.1, 0.15) is 38.3 Å². The lowest BCUT2D eigenvalue weighted by atomic mass is 9.88. The zero-order chi connectivity index (χ0) is 25.0. The summed E-state index contributed by atoms with van der Waals surface area (Å²) in [7, 11) is 0. The van der Waals surface area contributed by atoms with Crippen molar-refractivity contribution in [1.29, 1.82) is 0 Å². The summed E-state index contributed by atoms with van der Waals surface area (Å²) in [5.41, 5.74) is 4.78. The number of hydrogen-bond donors (Lipinski definition) is 2. The van der Waals surface area contributed by atoms with E-state index in [0.717, 1.165) is 52.3 Å². The van der Waals surface area contributed by atoms with E-state index in [1.54, 1.807) is 0 Å². The predicted molar refractivity (Wildman–Crippen MR) is 149 cm³/mol. The Morgan fingerprint density at radius 1 is 0.944 bits per heavy atom. The molecule has 3 aromatic carbocycles. The van der Waals surface area contributed by atoms with Crippen LogP contribution < -0.4 is 15.4 Å². The molecule has 2 heterocycles. The van der Waals surface area contributed by atoms with Gasteiger partial charge in [0.2, 0.25) is 0 Å². The molecule has 5 rings (SSSR count). The first-order valence-corrected chi connectivity index (χ1v) is 12.8. The molecule has 0 aliphatic carbocycles. The maximum absolute atomic E-state index is 6.56. The highest BCUT2D eigenvalue weighted by atomic mass is 16.5. The van der Waals surface area contributed by atoms with E-state index in [9.17, 15) is 0 Å². The average Bonchev–Trinajstić information content (AvgIpc) is 3.37. The Kier molecular flexibility index (Phi) is 7.01. The summed E-state index contributed by atoms with van der Waals surface area (Å²) in [6, 6.07) is 29.6. The van der Waals surface area contributed by atoms with Crippen LogP contribution in [0.4, 0.5) is 0 Å². The molecule has 36 heavy (non-hydrogen) atoms. The van der Waals surface area contributed by atoms with Crippen molar-refractivity contribution in [2.45, 2.75) is 38.8 Å². The lowest BCUT2D eigenvalue weighted by Crippen LogP contribution is -2.42. The molecule has 0 fully saturated rings. The largest absolute Gasteiger partial charge is 0.489 e. The highest BCUT2D eigenvalue weighted by Crippen LogP contribution is 2.39. The fraction of sp³-hybridized carbons (Fsp3) is 0.290. The third kappa shape index (κ3) is 4.71. The average molecular weight is 479 g/mol. The molecule has 4 aromatic rings. The van der Waals surface area contributed by atoms with Gasteiger partial charge in [-0.15, -0.1) is 0 Å². The number of nitrogens with zero attached hydrogens (tertiary/aromatic N) is 2. The molecule has 5 heteroatoms. The normalized spacial score (nSPS) is 17.3. The van der Waals surface area contributed by atoms with E-state index in [0.29, 0.717) is 19.2 Å². The fourth-order valence-electron chi connectivity index (χ4n) is 4.85. The summed E-state index contributed by atoms with van der Waals surface area (Å²) in [5.74, 6) is 1.64. The second-order valence-corrected chi connectivity index (χ2v) is 9.60. The van der Waals surface area contributed by atoms with Gasteiger partial charge < -0.3 is 15.4 Å². The van der Waals surface area contributed by atoms with Gasteiger partial charge in [0.25, 0.3) is 0 Å². The minimum absolute atomic E-state index is 0.246. The summed E-state index contributed by atoms with van der Waals surface area (Å²) < 4.78 is 6.56. The standard InChI is InChI=1S/C31H34N4O/c1-4-31(24-15-9-6-10-16-24)21-33-30(35-31)27-25-17-11-12-18-26(25)34-28(23-13-7-5-8-14-23)29(27)36-20-19-32-22(2)3/h5-18,22,32H,4,19-21H2,1-3H3,(H,33,35). The quantitative estimate of drug-likeness (QED) is 0.293. The molecule has 2 N–H and O–H groups in total. The van der Waals surface area contributed by atoms with E-state index in [1.165, 1.54) is 5.56 Å². The van der Waals surface area contributed by atoms with E-state index >= 15 is 0 Å². The van der Waals surface area contributed by atoms with Crippen molar-refractivity contribution in [2.75, 3.05) is 19.7 Å². The Labute approximate surface area is 213 Å². The first-order chi connectivity index (χ1) is 17.6. The van der Waals surface area contributed by atoms with Crippen LogP contribution in [0.5, 0.6) is 5.75 Å². The number of aliphatic imine (C=N–C) groups is 1. The van der Waals surface area contributed by atoms with Crippen molar-refractivity contribution in [2.24, 2.45) is 4.99 Å². The lowest BCUT2D eigenvalue weighted by Gasteiger charge is -2.29. The number of nitrogens with one attached hydrogen (secondary N) is 2. The lowest BCUT2D eigenvalue weighted by molar-refractivity contribution is 0.309. The molecule has 0 saturated heterocycles. The molecular weight excluding hydrogens is 444 g/mol. The highest BCUT2D eigenvalue weighted by Gasteiger charge is 2.37. The molecule has 1 unspecified atom stereocenters. The van der Waals surface area contributed by atoms with Crippen LogP contribution in [-0.2, 0) is 5.54 Å². The monoisotopic (exact) mass is 478 g/mol. The summed E-state index contributed by atoms with van der Waals surface area (Å²) in [6.07, 6.45) is 0.924. The van der Waals surface area contributed by atoms with E-state index in [4.69, 9.17) is 14.7 Å². The molecule has 0 amide bonds. The smallest absolute Gasteiger partial charge is 0.157 e. The van der Waals surface area contributed by atoms with Crippen molar-refractivity contribution in [3.8, 4) is 17.0 Å². The van der Waals surface area contributed by atoms with Crippen molar-refractivity contribution in [1.82, 2.24) is 15.6 Å². The number of pyridine rings is 1. The van der Waals surface area contributed by atoms with Gasteiger partial charge in [0.05, 0.1) is 23.2 Å². The first kappa shape index (κ1) is 24.0. The van der Waals surface area contributed by atoms with Gasteiger partial charge in [0.15, 0.2) is 5.75 Å². The molecule has 1 aliphatic rings. The van der Waals surface area contributed by atoms with E-state index in [1.807, 2.05) is 24.3 Å². The third-order valence-corrected chi connectivity index (χ3v) is 6.83. The number of para-hydroxylation sites is 1. The molecule has 1 aromatic heterocycles. The molecule has 0 saturated carbocycles. The molecule has 1 atom stereocenters. The second kappa shape index (κ2) is 10.5. The first-order valence-electron chi connectivity index (χ1n) is 12.8. The van der Waals surface area contributed by atoms with Gasteiger partial charge in [-0.2, -0.15) is 0 Å². The van der Waals surface area contributed by atoms with Gasteiger partial charge in [-0.05, 0) is 18.1 Å². The minimum Gasteiger partial charge on any atom is -0.489 e. The minimum atomic E-state index is -0.246. The van der Waals surface area contributed by atoms with Crippen LogP contribution >= 0.6 is 0 Å². The second-order valence-electron chi connectivity index (χ2n) is 9.60. The van der Waals surface area contributed by atoms with Crippen LogP contribution in [0.2, 0.25) is 0 Å². The SMILES string of the molecule is CCC1(c2ccccc2)CN=C(c2c(OCCNC(C)C)c(-c3ccccc3)nc3ccccc23)N1. The number of fused-ring (bicyclic) bond motifs is 1. The highest BCUT2D eigenvalue weighted by molar-refractivity contribution is 6.13. The van der Waals surface area contributed by atoms with Gasteiger partial charge in [0, 0.05) is 23.5 Å². The Hall–Kier alpha value is -3.70. The summed E-state index contributed by atoms with van der Waals surface area (Å²) in [5, 5.41) is 8.32. The Morgan fingerprint density at radius 2 is 1.64 bits per heavy atom. The number of rotatable bonds is 9. The van der Waals surface area contributed by atoms with Gasteiger partial charge in [0.1, 0.15) is 18.1 Å². The zero-order valence-electron chi connectivity index (χ0n) is 21.3. The topological polar surface area (TPSA) is 58.5 Å². The van der Waals surface area contributed by atoms with E-state index in [-0.39, 0.29) is 5.54 Å². The van der Waals surface area contributed by atoms with E-state index in [2.05, 4.69) is 92.1 Å². The number of benzene rings is 3.